The lowest BCUT2D eigenvalue weighted by molar-refractivity contribution is -0.304. The highest BCUT2D eigenvalue weighted by molar-refractivity contribution is 5.68. The average molecular weight is 283 g/mol. The van der Waals surface area contributed by atoms with Crippen LogP contribution in [0.15, 0.2) is 48.5 Å². The zero-order valence-corrected chi connectivity index (χ0v) is 12.3. The molecule has 0 N–H and O–H groups in total. The Balaban J connectivity index is 2.16. The van der Waals surface area contributed by atoms with Gasteiger partial charge in [-0.05, 0) is 28.7 Å². The Bertz CT molecular complexity index is 603. The molecule has 0 aromatic heterocycles. The van der Waals surface area contributed by atoms with Gasteiger partial charge in [0.05, 0.1) is 0 Å². The van der Waals surface area contributed by atoms with Crippen molar-refractivity contribution in [1.82, 2.24) is 0 Å². The Morgan fingerprint density at radius 3 is 2.43 bits per heavy atom. The van der Waals surface area contributed by atoms with Gasteiger partial charge in [-0.15, -0.1) is 0 Å². The van der Waals surface area contributed by atoms with Crippen LogP contribution in [0.4, 0.5) is 0 Å². The predicted molar refractivity (Wildman–Crippen MR) is 80.0 cm³/mol. The summed E-state index contributed by atoms with van der Waals surface area (Å²) in [5.74, 6) is -0.00362. The highest BCUT2D eigenvalue weighted by atomic mass is 16.5. The molecule has 0 bridgehead atoms. The zero-order valence-electron chi connectivity index (χ0n) is 12.3. The van der Waals surface area contributed by atoms with E-state index in [0.717, 1.165) is 22.4 Å². The van der Waals surface area contributed by atoms with Crippen LogP contribution < -0.4 is 9.84 Å². The lowest BCUT2D eigenvalue weighted by atomic mass is 9.98. The lowest BCUT2D eigenvalue weighted by Crippen LogP contribution is -2.24. The van der Waals surface area contributed by atoms with Gasteiger partial charge in [0.25, 0.3) is 0 Å². The third kappa shape index (κ3) is 4.35. The summed E-state index contributed by atoms with van der Waals surface area (Å²) in [5.41, 5.74) is 2.86. The van der Waals surface area contributed by atoms with E-state index in [1.165, 1.54) is 0 Å². The van der Waals surface area contributed by atoms with Gasteiger partial charge in [0.1, 0.15) is 12.4 Å². The molecule has 0 fully saturated rings. The van der Waals surface area contributed by atoms with Gasteiger partial charge in [-0.3, -0.25) is 0 Å². The summed E-state index contributed by atoms with van der Waals surface area (Å²) in [6, 6.07) is 15.5. The van der Waals surface area contributed by atoms with Crippen molar-refractivity contribution in [2.75, 3.05) is 0 Å². The molecule has 2 aromatic rings. The lowest BCUT2D eigenvalue weighted by Gasteiger charge is -2.16. The van der Waals surface area contributed by atoms with Gasteiger partial charge in [0, 0.05) is 12.4 Å². The number of ether oxygens (including phenoxy) is 1. The molecular weight excluding hydrogens is 264 g/mol. The maximum Gasteiger partial charge on any atom is 0.123 e. The van der Waals surface area contributed by atoms with Gasteiger partial charge >= 0.3 is 0 Å². The Hall–Kier alpha value is -2.29. The van der Waals surface area contributed by atoms with Crippen LogP contribution in [-0.2, 0) is 17.8 Å². The maximum absolute atomic E-state index is 10.7. The van der Waals surface area contributed by atoms with Crippen molar-refractivity contribution in [3.05, 3.63) is 65.2 Å². The first-order chi connectivity index (χ1) is 10.1. The largest absolute Gasteiger partial charge is 0.550 e. The van der Waals surface area contributed by atoms with Crippen LogP contribution in [0, 0.1) is 0 Å². The summed E-state index contributed by atoms with van der Waals surface area (Å²) in [6.07, 6.45) is -0.0707. The monoisotopic (exact) mass is 283 g/mol. The molecule has 0 aliphatic carbocycles. The standard InChI is InChI=1S/C18H20O3/c1-13(2)16-10-15(11-18(19)20)8-9-17(16)21-12-14-6-4-3-5-7-14/h3-10,13H,11-12H2,1-2H3,(H,19,20)/p-1. The van der Waals surface area contributed by atoms with E-state index in [1.807, 2.05) is 42.5 Å². The van der Waals surface area contributed by atoms with Crippen molar-refractivity contribution < 1.29 is 14.6 Å². The van der Waals surface area contributed by atoms with Crippen molar-refractivity contribution >= 4 is 5.97 Å². The number of hydrogen-bond acceptors (Lipinski definition) is 3. The van der Waals surface area contributed by atoms with E-state index in [-0.39, 0.29) is 12.3 Å². The molecule has 110 valence electrons. The quantitative estimate of drug-likeness (QED) is 0.819. The van der Waals surface area contributed by atoms with Gasteiger partial charge < -0.3 is 14.6 Å². The van der Waals surface area contributed by atoms with Crippen LogP contribution in [-0.4, -0.2) is 5.97 Å². The molecule has 2 rings (SSSR count). The van der Waals surface area contributed by atoms with E-state index in [1.54, 1.807) is 6.07 Å². The number of rotatable bonds is 6. The van der Waals surface area contributed by atoms with Gasteiger partial charge in [-0.2, -0.15) is 0 Å². The summed E-state index contributed by atoms with van der Waals surface area (Å²) < 4.78 is 5.88. The van der Waals surface area contributed by atoms with Crippen molar-refractivity contribution in [2.24, 2.45) is 0 Å². The smallest absolute Gasteiger partial charge is 0.123 e. The first kappa shape index (κ1) is 15.1. The minimum Gasteiger partial charge on any atom is -0.550 e. The molecule has 0 heterocycles. The number of hydrogen-bond donors (Lipinski definition) is 0. The predicted octanol–water partition coefficient (Wildman–Crippen LogP) is 2.68. The van der Waals surface area contributed by atoms with E-state index in [9.17, 15) is 9.90 Å². The fourth-order valence-electron chi connectivity index (χ4n) is 2.19. The van der Waals surface area contributed by atoms with Crippen LogP contribution >= 0.6 is 0 Å². The number of aliphatic carboxylic acids is 1. The molecule has 3 heteroatoms. The molecule has 0 spiro atoms. The molecule has 0 unspecified atom stereocenters. The fraction of sp³-hybridized carbons (Fsp3) is 0.278. The summed E-state index contributed by atoms with van der Waals surface area (Å²) >= 11 is 0. The molecule has 0 aliphatic rings. The van der Waals surface area contributed by atoms with E-state index in [2.05, 4.69) is 13.8 Å². The fourth-order valence-corrected chi connectivity index (χ4v) is 2.19. The molecule has 0 aliphatic heterocycles. The van der Waals surface area contributed by atoms with Gasteiger partial charge in [-0.25, -0.2) is 0 Å². The molecule has 21 heavy (non-hydrogen) atoms. The summed E-state index contributed by atoms with van der Waals surface area (Å²) in [6.45, 7) is 4.63. The van der Waals surface area contributed by atoms with Crippen LogP contribution in [0.25, 0.3) is 0 Å². The average Bonchev–Trinajstić information content (AvgIpc) is 2.46. The minimum absolute atomic E-state index is 0.0707. The van der Waals surface area contributed by atoms with Crippen LogP contribution in [0.1, 0.15) is 36.5 Å². The van der Waals surface area contributed by atoms with E-state index < -0.39 is 5.97 Å². The van der Waals surface area contributed by atoms with Crippen LogP contribution in [0.5, 0.6) is 5.75 Å². The van der Waals surface area contributed by atoms with Crippen molar-refractivity contribution in [2.45, 2.75) is 32.8 Å². The Morgan fingerprint density at radius 1 is 1.10 bits per heavy atom. The van der Waals surface area contributed by atoms with Crippen molar-refractivity contribution in [3.8, 4) is 5.75 Å². The number of carboxylic acid groups (broad SMARTS) is 1. The Morgan fingerprint density at radius 2 is 1.81 bits per heavy atom. The highest BCUT2D eigenvalue weighted by Crippen LogP contribution is 2.28. The van der Waals surface area contributed by atoms with Crippen molar-refractivity contribution in [1.29, 1.82) is 0 Å². The van der Waals surface area contributed by atoms with Gasteiger partial charge in [0.15, 0.2) is 0 Å². The molecule has 3 nitrogen and oxygen atoms in total. The third-order valence-electron chi connectivity index (χ3n) is 3.28. The number of carbonyl (C=O) groups is 1. The maximum atomic E-state index is 10.7. The SMILES string of the molecule is CC(C)c1cc(CC(=O)[O-])ccc1OCc1ccccc1. The first-order valence-electron chi connectivity index (χ1n) is 7.05. The second kappa shape index (κ2) is 6.93. The third-order valence-corrected chi connectivity index (χ3v) is 3.28. The van der Waals surface area contributed by atoms with E-state index in [0.29, 0.717) is 6.61 Å². The summed E-state index contributed by atoms with van der Waals surface area (Å²) in [7, 11) is 0. The Kier molecular flexibility index (Phi) is 4.99. The second-order valence-electron chi connectivity index (χ2n) is 5.35. The van der Waals surface area contributed by atoms with Gasteiger partial charge in [0.2, 0.25) is 0 Å². The van der Waals surface area contributed by atoms with Crippen molar-refractivity contribution in [3.63, 3.8) is 0 Å². The molecule has 0 radical (unpaired) electrons. The minimum atomic E-state index is -1.07. The second-order valence-corrected chi connectivity index (χ2v) is 5.35. The summed E-state index contributed by atoms with van der Waals surface area (Å²) in [4.78, 5) is 10.7. The molecule has 0 saturated carbocycles. The Labute approximate surface area is 125 Å². The first-order valence-corrected chi connectivity index (χ1v) is 7.05. The van der Waals surface area contributed by atoms with Crippen LogP contribution in [0.3, 0.4) is 0 Å². The number of carboxylic acids is 1. The number of benzene rings is 2. The molecule has 0 atom stereocenters. The van der Waals surface area contributed by atoms with E-state index in [4.69, 9.17) is 4.74 Å². The number of carbonyl (C=O) groups excluding carboxylic acids is 1. The zero-order chi connectivity index (χ0) is 15.2. The molecule has 0 amide bonds. The van der Waals surface area contributed by atoms with Gasteiger partial charge in [-0.1, -0.05) is 56.3 Å². The normalized spacial score (nSPS) is 10.6. The highest BCUT2D eigenvalue weighted by Gasteiger charge is 2.09. The topological polar surface area (TPSA) is 49.4 Å². The molecular formula is C18H19O3-. The molecule has 2 aromatic carbocycles. The summed E-state index contributed by atoms with van der Waals surface area (Å²) in [5, 5.41) is 10.7. The van der Waals surface area contributed by atoms with Crippen LogP contribution in [0.2, 0.25) is 0 Å². The van der Waals surface area contributed by atoms with E-state index >= 15 is 0 Å². The molecule has 0 saturated heterocycles.